The maximum Gasteiger partial charge on any atom is 0.303 e. The number of nitrogens with two attached hydrogens (primary N) is 7. The summed E-state index contributed by atoms with van der Waals surface area (Å²) in [5.74, 6) is -13.9. The number of carboxylic acid groups (broad SMARTS) is 2. The summed E-state index contributed by atoms with van der Waals surface area (Å²) in [5.41, 5.74) is 38.7. The van der Waals surface area contributed by atoms with E-state index in [2.05, 4.69) is 31.3 Å². The summed E-state index contributed by atoms with van der Waals surface area (Å²) in [7, 11) is 0. The third-order valence-corrected chi connectivity index (χ3v) is 13.7. The number of nitrogens with one attached hydrogen (secondary N) is 4. The molecule has 79 heavy (non-hydrogen) atoms. The van der Waals surface area contributed by atoms with E-state index in [0.717, 1.165) is 0 Å². The van der Waals surface area contributed by atoms with Crippen molar-refractivity contribution in [3.63, 3.8) is 0 Å². The summed E-state index contributed by atoms with van der Waals surface area (Å²) in [6.07, 6.45) is 1.18. The van der Waals surface area contributed by atoms with E-state index in [4.69, 9.17) is 40.1 Å². The van der Waals surface area contributed by atoms with Crippen LogP contribution >= 0.6 is 0 Å². The van der Waals surface area contributed by atoms with Gasteiger partial charge < -0.3 is 71.6 Å². The molecule has 0 rings (SSSR count). The SMILES string of the molecule is CC[C@H](C)[C@H](NC(=O)[C@H](CCCN=C(N)N)CC(=O)[C@H](CCC(=O)O)NC(=O)[C@@H](C)CCCCN)C(=O)C[C@@H](CCC(=O)O)C(=O)NCC(=O)C[C@@H](CC(C)C)C(=O)N[C@@H](CCCN=C(N)N)C(=O)C[C@@H](CCCCN)C(N)=O. The van der Waals surface area contributed by atoms with Gasteiger partial charge in [-0.3, -0.25) is 62.7 Å². The number of carbonyl (C=O) groups excluding carboxylic acids is 9. The number of carboxylic acids is 2. The van der Waals surface area contributed by atoms with Crippen molar-refractivity contribution in [1.82, 2.24) is 21.3 Å². The normalized spacial score (nSPS) is 14.6. The van der Waals surface area contributed by atoms with Crippen molar-refractivity contribution >= 4 is 76.5 Å². The Kier molecular flexibility index (Phi) is 37.2. The van der Waals surface area contributed by atoms with Crippen molar-refractivity contribution in [1.29, 1.82) is 0 Å². The van der Waals surface area contributed by atoms with E-state index >= 15 is 0 Å². The van der Waals surface area contributed by atoms with Gasteiger partial charge in [-0.05, 0) is 95.6 Å². The Labute approximate surface area is 464 Å². The third-order valence-electron chi connectivity index (χ3n) is 13.7. The number of guanidine groups is 2. The number of Topliss-reactive ketones (excluding diaryl/α,β-unsaturated/α-hetero) is 4. The monoisotopic (exact) mass is 1120 g/mol. The highest BCUT2D eigenvalue weighted by molar-refractivity contribution is 5.97. The molecule has 0 aliphatic heterocycles. The number of primary amides is 1. The minimum absolute atomic E-state index is 0.0228. The van der Waals surface area contributed by atoms with Gasteiger partial charge >= 0.3 is 11.9 Å². The number of hydrogen-bond acceptors (Lipinski definition) is 15. The van der Waals surface area contributed by atoms with E-state index in [1.165, 1.54) is 0 Å². The first-order chi connectivity index (χ1) is 37.2. The number of aliphatic imine (C=N–C) groups is 2. The van der Waals surface area contributed by atoms with Crippen molar-refractivity contribution in [3.05, 3.63) is 0 Å². The van der Waals surface area contributed by atoms with Crippen molar-refractivity contribution < 1.29 is 63.0 Å². The summed E-state index contributed by atoms with van der Waals surface area (Å²) in [6, 6.07) is -3.59. The average molecular weight is 1120 g/mol. The third kappa shape index (κ3) is 32.8. The van der Waals surface area contributed by atoms with E-state index in [0.29, 0.717) is 58.0 Å². The maximum absolute atomic E-state index is 14.3. The quantitative estimate of drug-likeness (QED) is 0.0219. The van der Waals surface area contributed by atoms with Crippen LogP contribution in [-0.2, 0) is 52.7 Å². The van der Waals surface area contributed by atoms with Gasteiger partial charge in [0, 0.05) is 81.2 Å². The minimum Gasteiger partial charge on any atom is -0.481 e. The Morgan fingerprint density at radius 3 is 1.48 bits per heavy atom. The number of ketones is 4. The summed E-state index contributed by atoms with van der Waals surface area (Å²) in [4.78, 5) is 154. The lowest BCUT2D eigenvalue weighted by Crippen LogP contribution is -2.49. The fourth-order valence-electron chi connectivity index (χ4n) is 8.82. The molecule has 0 radical (unpaired) electrons. The Morgan fingerprint density at radius 2 is 0.962 bits per heavy atom. The molecule has 0 spiro atoms. The average Bonchev–Trinajstić information content (AvgIpc) is 3.37. The maximum atomic E-state index is 14.3. The molecule has 0 aliphatic rings. The number of carbonyl (C=O) groups is 11. The van der Waals surface area contributed by atoms with E-state index in [9.17, 15) is 63.0 Å². The molecule has 26 nitrogen and oxygen atoms in total. The predicted molar refractivity (Wildman–Crippen MR) is 298 cm³/mol. The molecule has 0 aliphatic carbocycles. The van der Waals surface area contributed by atoms with E-state index < -0.39 is 150 Å². The van der Waals surface area contributed by atoms with Gasteiger partial charge in [0.1, 0.15) is 0 Å². The molecule has 20 N–H and O–H groups in total. The molecule has 0 saturated carbocycles. The van der Waals surface area contributed by atoms with Crippen LogP contribution in [0.5, 0.6) is 0 Å². The van der Waals surface area contributed by atoms with E-state index in [1.807, 2.05) is 13.8 Å². The van der Waals surface area contributed by atoms with E-state index in [1.54, 1.807) is 20.8 Å². The molecular formula is C53H95N13O13. The first-order valence-corrected chi connectivity index (χ1v) is 27.7. The highest BCUT2D eigenvalue weighted by atomic mass is 16.4. The van der Waals surface area contributed by atoms with Gasteiger partial charge in [0.15, 0.2) is 35.1 Å². The highest BCUT2D eigenvalue weighted by Crippen LogP contribution is 2.23. The number of hydrogen-bond donors (Lipinski definition) is 13. The van der Waals surface area contributed by atoms with Gasteiger partial charge in [0.05, 0.1) is 24.7 Å². The molecule has 26 heteroatoms. The lowest BCUT2D eigenvalue weighted by Gasteiger charge is -2.28. The molecule has 0 bridgehead atoms. The number of amides is 5. The van der Waals surface area contributed by atoms with Gasteiger partial charge in [0.25, 0.3) is 0 Å². The molecule has 0 aromatic carbocycles. The van der Waals surface area contributed by atoms with Crippen molar-refractivity contribution in [2.45, 2.75) is 181 Å². The van der Waals surface area contributed by atoms with Gasteiger partial charge in [0.2, 0.25) is 29.5 Å². The Bertz CT molecular complexity index is 2050. The largest absolute Gasteiger partial charge is 0.481 e. The zero-order valence-corrected chi connectivity index (χ0v) is 47.3. The van der Waals surface area contributed by atoms with Crippen LogP contribution in [0.25, 0.3) is 0 Å². The van der Waals surface area contributed by atoms with Crippen molar-refractivity contribution in [2.75, 3.05) is 32.7 Å². The van der Waals surface area contributed by atoms with Crippen LogP contribution < -0.4 is 61.4 Å². The first kappa shape index (κ1) is 72.4. The molecule has 0 unspecified atom stereocenters. The Balaban J connectivity index is 6.58. The van der Waals surface area contributed by atoms with Crippen molar-refractivity contribution in [2.24, 2.45) is 91.5 Å². The highest BCUT2D eigenvalue weighted by Gasteiger charge is 2.36. The molecule has 0 aromatic rings. The smallest absolute Gasteiger partial charge is 0.303 e. The van der Waals surface area contributed by atoms with Crippen molar-refractivity contribution in [3.8, 4) is 0 Å². The first-order valence-electron chi connectivity index (χ1n) is 27.7. The number of aliphatic carboxylic acids is 2. The van der Waals surface area contributed by atoms with E-state index in [-0.39, 0.29) is 88.7 Å². The molecule has 450 valence electrons. The summed E-state index contributed by atoms with van der Waals surface area (Å²) in [6.45, 7) is 9.18. The van der Waals surface area contributed by atoms with Gasteiger partial charge in [-0.25, -0.2) is 0 Å². The Hall–Kier alpha value is -6.57. The zero-order valence-electron chi connectivity index (χ0n) is 47.3. The van der Waals surface area contributed by atoms with Crippen LogP contribution in [0.1, 0.15) is 163 Å². The lowest BCUT2D eigenvalue weighted by atomic mass is 9.86. The number of rotatable bonds is 47. The van der Waals surface area contributed by atoms with Crippen LogP contribution in [-0.4, -0.2) is 138 Å². The minimum atomic E-state index is -1.30. The summed E-state index contributed by atoms with van der Waals surface area (Å²) < 4.78 is 0. The molecule has 0 fully saturated rings. The second kappa shape index (κ2) is 40.6. The number of unbranched alkanes of at least 4 members (excludes halogenated alkanes) is 2. The van der Waals surface area contributed by atoms with Crippen LogP contribution in [0.2, 0.25) is 0 Å². The van der Waals surface area contributed by atoms with Crippen LogP contribution in [0.3, 0.4) is 0 Å². The molecule has 5 amide bonds. The van der Waals surface area contributed by atoms with Gasteiger partial charge in [-0.2, -0.15) is 0 Å². The van der Waals surface area contributed by atoms with Crippen LogP contribution in [0.15, 0.2) is 9.98 Å². The molecule has 0 aromatic heterocycles. The molecule has 0 heterocycles. The van der Waals surface area contributed by atoms with Gasteiger partial charge in [-0.1, -0.05) is 53.9 Å². The number of nitrogens with zero attached hydrogens (tertiary/aromatic N) is 2. The summed E-state index contributed by atoms with van der Waals surface area (Å²) >= 11 is 0. The Morgan fingerprint density at radius 1 is 0.494 bits per heavy atom. The predicted octanol–water partition coefficient (Wildman–Crippen LogP) is 0.167. The second-order valence-corrected chi connectivity index (χ2v) is 21.0. The fourth-order valence-corrected chi connectivity index (χ4v) is 8.82. The lowest BCUT2D eigenvalue weighted by molar-refractivity contribution is -0.139. The van der Waals surface area contributed by atoms with Crippen LogP contribution in [0, 0.1) is 41.4 Å². The molecule has 9 atom stereocenters. The standard InChI is InChI=1S/C53H95N13O13/c1-6-32(4)46(66-50(78)35(15-11-23-61-52(57)58)28-42(69)40(18-20-45(73)74)64-48(76)33(5)13-7-9-21-54)43(70)29-36(17-19-44(71)72)49(77)63-30-38(67)26-37(25-31(2)3)51(79)65-39(16-12-24-62-53(59)60)41(68)27-34(47(56)75)14-8-10-22-55/h31-37,39-40,46H,6-30,54-55H2,1-5H3,(H2,56,75)(H,63,77)(H,64,76)(H,65,79)(H,66,78)(H,71,72)(H,73,74)(H4,57,58,61)(H4,59,60,62)/t32-,33-,34+,35+,36+,37+,39-,40-,46-/m0/s1. The molecule has 0 saturated heterocycles. The van der Waals surface area contributed by atoms with Gasteiger partial charge in [-0.15, -0.1) is 0 Å². The molecular weight excluding hydrogens is 1030 g/mol. The topological polar surface area (TPSA) is 483 Å². The fraction of sp³-hybridized carbons (Fsp3) is 0.755. The summed E-state index contributed by atoms with van der Waals surface area (Å²) in [5, 5.41) is 29.7. The zero-order chi connectivity index (χ0) is 60.2. The second-order valence-electron chi connectivity index (χ2n) is 21.0. The van der Waals surface area contributed by atoms with Crippen LogP contribution in [0.4, 0.5) is 0 Å².